The van der Waals surface area contributed by atoms with E-state index in [9.17, 15) is 0 Å². The van der Waals surface area contributed by atoms with Crippen molar-refractivity contribution in [3.63, 3.8) is 0 Å². The van der Waals surface area contributed by atoms with Gasteiger partial charge in [0.15, 0.2) is 0 Å². The van der Waals surface area contributed by atoms with Crippen LogP contribution in [-0.4, -0.2) is 9.55 Å². The molecule has 0 N–H and O–H groups in total. The lowest BCUT2D eigenvalue weighted by Crippen LogP contribution is -2.16. The van der Waals surface area contributed by atoms with Gasteiger partial charge in [-0.05, 0) is 19.3 Å². The molecule has 1 heterocycles. The summed E-state index contributed by atoms with van der Waals surface area (Å²) in [7, 11) is 2.11. The van der Waals surface area contributed by atoms with Crippen molar-refractivity contribution in [2.75, 3.05) is 0 Å². The van der Waals surface area contributed by atoms with Crippen LogP contribution in [0.2, 0.25) is 0 Å². The van der Waals surface area contributed by atoms with Crippen LogP contribution in [-0.2, 0) is 13.5 Å². The van der Waals surface area contributed by atoms with Gasteiger partial charge in [0.05, 0.1) is 5.69 Å². The van der Waals surface area contributed by atoms with E-state index in [4.69, 9.17) is 0 Å². The van der Waals surface area contributed by atoms with E-state index in [1.165, 1.54) is 17.9 Å². The summed E-state index contributed by atoms with van der Waals surface area (Å²) in [5, 5.41) is 0. The molecule has 1 rings (SSSR count). The number of hydrogen-bond acceptors (Lipinski definition) is 1. The summed E-state index contributed by atoms with van der Waals surface area (Å²) < 4.78 is 2.22. The SMILES string of the molecule is CCC(C)(C)Cc1nc(C)c(C)n1C. The van der Waals surface area contributed by atoms with Crippen LogP contribution in [0.5, 0.6) is 0 Å². The van der Waals surface area contributed by atoms with Crippen LogP contribution in [0.3, 0.4) is 0 Å². The van der Waals surface area contributed by atoms with Gasteiger partial charge in [-0.2, -0.15) is 0 Å². The van der Waals surface area contributed by atoms with Crippen molar-refractivity contribution in [1.29, 1.82) is 0 Å². The Balaban J connectivity index is 2.93. The van der Waals surface area contributed by atoms with Crippen LogP contribution in [0.4, 0.5) is 0 Å². The van der Waals surface area contributed by atoms with E-state index in [-0.39, 0.29) is 0 Å². The number of imidazole rings is 1. The first-order valence-electron chi connectivity index (χ1n) is 5.36. The second-order valence-electron chi connectivity index (χ2n) is 4.95. The Morgan fingerprint density at radius 2 is 1.86 bits per heavy atom. The summed E-state index contributed by atoms with van der Waals surface area (Å²) >= 11 is 0. The molecule has 0 aliphatic rings. The van der Waals surface area contributed by atoms with Crippen LogP contribution < -0.4 is 0 Å². The monoisotopic (exact) mass is 194 g/mol. The summed E-state index contributed by atoms with van der Waals surface area (Å²) in [6.07, 6.45) is 2.26. The molecule has 14 heavy (non-hydrogen) atoms. The van der Waals surface area contributed by atoms with Gasteiger partial charge in [-0.25, -0.2) is 4.98 Å². The Kier molecular flexibility index (Phi) is 3.03. The molecular formula is C12H22N2. The maximum atomic E-state index is 4.61. The van der Waals surface area contributed by atoms with Gasteiger partial charge >= 0.3 is 0 Å². The van der Waals surface area contributed by atoms with E-state index in [1.54, 1.807) is 0 Å². The van der Waals surface area contributed by atoms with Gasteiger partial charge in [-0.1, -0.05) is 27.2 Å². The fourth-order valence-corrected chi connectivity index (χ4v) is 1.50. The van der Waals surface area contributed by atoms with Crippen molar-refractivity contribution in [2.24, 2.45) is 12.5 Å². The summed E-state index contributed by atoms with van der Waals surface area (Å²) in [5.41, 5.74) is 2.80. The molecule has 0 amide bonds. The molecule has 0 spiro atoms. The zero-order valence-corrected chi connectivity index (χ0v) is 10.3. The summed E-state index contributed by atoms with van der Waals surface area (Å²) in [6, 6.07) is 0. The molecule has 2 nitrogen and oxygen atoms in total. The van der Waals surface area contributed by atoms with Crippen LogP contribution in [0, 0.1) is 19.3 Å². The highest BCUT2D eigenvalue weighted by Gasteiger charge is 2.19. The molecule has 0 radical (unpaired) electrons. The fourth-order valence-electron chi connectivity index (χ4n) is 1.50. The van der Waals surface area contributed by atoms with Crippen molar-refractivity contribution in [3.8, 4) is 0 Å². The first-order chi connectivity index (χ1) is 6.37. The molecule has 1 aromatic heterocycles. The lowest BCUT2D eigenvalue weighted by Gasteiger charge is -2.21. The number of hydrogen-bond donors (Lipinski definition) is 0. The predicted octanol–water partition coefficient (Wildman–Crippen LogP) is 3.02. The second kappa shape index (κ2) is 3.76. The fraction of sp³-hybridized carbons (Fsp3) is 0.750. The van der Waals surface area contributed by atoms with E-state index in [0.29, 0.717) is 5.41 Å². The summed E-state index contributed by atoms with van der Waals surface area (Å²) in [4.78, 5) is 4.61. The van der Waals surface area contributed by atoms with Gasteiger partial charge in [0.25, 0.3) is 0 Å². The molecule has 80 valence electrons. The molecule has 0 saturated carbocycles. The minimum absolute atomic E-state index is 0.359. The van der Waals surface area contributed by atoms with Crippen molar-refractivity contribution < 1.29 is 0 Å². The third kappa shape index (κ3) is 2.17. The standard InChI is InChI=1S/C12H22N2/c1-7-12(4,5)8-11-13-9(2)10(3)14(11)6/h7-8H2,1-6H3. The maximum absolute atomic E-state index is 4.61. The highest BCUT2D eigenvalue weighted by atomic mass is 15.1. The number of aryl methyl sites for hydroxylation is 1. The van der Waals surface area contributed by atoms with E-state index in [1.807, 2.05) is 0 Å². The second-order valence-corrected chi connectivity index (χ2v) is 4.95. The van der Waals surface area contributed by atoms with Gasteiger partial charge in [0.2, 0.25) is 0 Å². The number of nitrogens with zero attached hydrogens (tertiary/aromatic N) is 2. The first-order valence-corrected chi connectivity index (χ1v) is 5.36. The molecule has 0 aliphatic carbocycles. The Labute approximate surface area is 87.4 Å². The maximum Gasteiger partial charge on any atom is 0.109 e. The van der Waals surface area contributed by atoms with E-state index < -0.39 is 0 Å². The molecule has 0 saturated heterocycles. The van der Waals surface area contributed by atoms with Gasteiger partial charge in [-0.3, -0.25) is 0 Å². The Morgan fingerprint density at radius 1 is 1.29 bits per heavy atom. The van der Waals surface area contributed by atoms with Crippen LogP contribution in [0.15, 0.2) is 0 Å². The van der Waals surface area contributed by atoms with Crippen molar-refractivity contribution in [3.05, 3.63) is 17.2 Å². The lowest BCUT2D eigenvalue weighted by molar-refractivity contribution is 0.337. The van der Waals surface area contributed by atoms with Gasteiger partial charge in [0, 0.05) is 19.2 Å². The van der Waals surface area contributed by atoms with E-state index in [2.05, 4.69) is 51.2 Å². The third-order valence-electron chi connectivity index (χ3n) is 3.30. The molecular weight excluding hydrogens is 172 g/mol. The molecule has 0 unspecified atom stereocenters. The molecule has 0 fully saturated rings. The van der Waals surface area contributed by atoms with E-state index in [0.717, 1.165) is 12.1 Å². The van der Waals surface area contributed by atoms with E-state index >= 15 is 0 Å². The van der Waals surface area contributed by atoms with Gasteiger partial charge < -0.3 is 4.57 Å². The zero-order valence-electron chi connectivity index (χ0n) is 10.3. The molecule has 1 aromatic rings. The molecule has 0 atom stereocenters. The minimum Gasteiger partial charge on any atom is -0.335 e. The quantitative estimate of drug-likeness (QED) is 0.723. The summed E-state index contributed by atoms with van der Waals surface area (Å²) in [6.45, 7) is 11.0. The first kappa shape index (κ1) is 11.3. The topological polar surface area (TPSA) is 17.8 Å². The van der Waals surface area contributed by atoms with Crippen molar-refractivity contribution in [2.45, 2.75) is 47.5 Å². The predicted molar refractivity (Wildman–Crippen MR) is 60.5 cm³/mol. The average molecular weight is 194 g/mol. The van der Waals surface area contributed by atoms with Gasteiger partial charge in [0.1, 0.15) is 5.82 Å². The smallest absolute Gasteiger partial charge is 0.109 e. The molecule has 0 aliphatic heterocycles. The Morgan fingerprint density at radius 3 is 2.21 bits per heavy atom. The minimum atomic E-state index is 0.359. The number of aromatic nitrogens is 2. The highest BCUT2D eigenvalue weighted by Crippen LogP contribution is 2.25. The molecule has 0 aromatic carbocycles. The average Bonchev–Trinajstić information content (AvgIpc) is 2.33. The normalized spacial score (nSPS) is 12.1. The van der Waals surface area contributed by atoms with Crippen LogP contribution >= 0.6 is 0 Å². The summed E-state index contributed by atoms with van der Waals surface area (Å²) in [5.74, 6) is 1.21. The van der Waals surface area contributed by atoms with Crippen molar-refractivity contribution in [1.82, 2.24) is 9.55 Å². The molecule has 2 heteroatoms. The largest absolute Gasteiger partial charge is 0.335 e. The molecule has 0 bridgehead atoms. The highest BCUT2D eigenvalue weighted by molar-refractivity contribution is 5.14. The van der Waals surface area contributed by atoms with Crippen LogP contribution in [0.1, 0.15) is 44.4 Å². The number of rotatable bonds is 3. The lowest BCUT2D eigenvalue weighted by atomic mass is 9.86. The third-order valence-corrected chi connectivity index (χ3v) is 3.30. The Hall–Kier alpha value is -0.790. The zero-order chi connectivity index (χ0) is 10.9. The van der Waals surface area contributed by atoms with Crippen molar-refractivity contribution >= 4 is 0 Å². The van der Waals surface area contributed by atoms with Crippen LogP contribution in [0.25, 0.3) is 0 Å². The van der Waals surface area contributed by atoms with Gasteiger partial charge in [-0.15, -0.1) is 0 Å². The Bertz CT molecular complexity index is 321.